The third-order valence-corrected chi connectivity index (χ3v) is 7.04. The largest absolute Gasteiger partial charge is 0.491 e. The van der Waals surface area contributed by atoms with E-state index in [0.717, 1.165) is 25.0 Å². The van der Waals surface area contributed by atoms with E-state index in [4.69, 9.17) is 4.74 Å². The minimum atomic E-state index is -0.152. The fourth-order valence-electron chi connectivity index (χ4n) is 4.11. The molecule has 4 rings (SSSR count). The number of benzene rings is 1. The molecule has 7 heteroatoms. The Morgan fingerprint density at radius 3 is 2.66 bits per heavy atom. The lowest BCUT2D eigenvalue weighted by Gasteiger charge is -2.37. The van der Waals surface area contributed by atoms with E-state index in [0.29, 0.717) is 25.6 Å². The Labute approximate surface area is 194 Å². The molecule has 1 aromatic carbocycles. The van der Waals surface area contributed by atoms with E-state index in [1.165, 1.54) is 16.0 Å². The molecule has 0 bridgehead atoms. The molecule has 0 saturated heterocycles. The van der Waals surface area contributed by atoms with Gasteiger partial charge in [0.05, 0.1) is 6.04 Å². The van der Waals surface area contributed by atoms with Crippen LogP contribution < -0.4 is 10.1 Å². The van der Waals surface area contributed by atoms with Crippen LogP contribution in [0.3, 0.4) is 0 Å². The van der Waals surface area contributed by atoms with Crippen molar-refractivity contribution in [2.45, 2.75) is 52.1 Å². The molecular weight excluding hydrogens is 422 g/mol. The van der Waals surface area contributed by atoms with Crippen LogP contribution in [-0.4, -0.2) is 54.0 Å². The summed E-state index contributed by atoms with van der Waals surface area (Å²) in [4.78, 5) is 31.1. The Hall–Kier alpha value is -2.54. The van der Waals surface area contributed by atoms with Crippen LogP contribution in [0.2, 0.25) is 0 Å². The van der Waals surface area contributed by atoms with Crippen LogP contribution >= 0.6 is 11.3 Å². The normalized spacial score (nSPS) is 17.8. The number of hydrogen-bond acceptors (Lipinski definition) is 4. The van der Waals surface area contributed by atoms with Gasteiger partial charge < -0.3 is 19.9 Å². The number of amides is 3. The van der Waals surface area contributed by atoms with Crippen molar-refractivity contribution < 1.29 is 14.3 Å². The molecule has 1 aliphatic carbocycles. The maximum atomic E-state index is 13.5. The summed E-state index contributed by atoms with van der Waals surface area (Å²) in [5.41, 5.74) is 2.35. The van der Waals surface area contributed by atoms with Gasteiger partial charge in [-0.05, 0) is 75.1 Å². The first-order valence-corrected chi connectivity index (χ1v) is 12.4. The van der Waals surface area contributed by atoms with E-state index in [2.05, 4.69) is 16.8 Å². The highest BCUT2D eigenvalue weighted by Gasteiger charge is 2.35. The summed E-state index contributed by atoms with van der Waals surface area (Å²) in [5.74, 6) is 1.31. The third kappa shape index (κ3) is 5.63. The molecule has 32 heavy (non-hydrogen) atoms. The van der Waals surface area contributed by atoms with Crippen LogP contribution in [0.15, 0.2) is 35.7 Å². The number of ether oxygens (including phenoxy) is 1. The van der Waals surface area contributed by atoms with E-state index < -0.39 is 0 Å². The molecule has 0 radical (unpaired) electrons. The van der Waals surface area contributed by atoms with Gasteiger partial charge >= 0.3 is 6.03 Å². The predicted octanol–water partition coefficient (Wildman–Crippen LogP) is 4.39. The number of hydrogen-bond donors (Lipinski definition) is 1. The van der Waals surface area contributed by atoms with E-state index in [-0.39, 0.29) is 30.6 Å². The number of aryl methyl sites for hydroxylation is 1. The van der Waals surface area contributed by atoms with Gasteiger partial charge in [-0.2, -0.15) is 0 Å². The molecule has 1 saturated carbocycles. The lowest BCUT2D eigenvalue weighted by Crippen LogP contribution is -2.51. The van der Waals surface area contributed by atoms with Crippen molar-refractivity contribution in [3.63, 3.8) is 0 Å². The Kier molecular flexibility index (Phi) is 7.04. The van der Waals surface area contributed by atoms with Gasteiger partial charge in [-0.1, -0.05) is 17.7 Å². The Morgan fingerprint density at radius 1 is 1.22 bits per heavy atom. The molecule has 6 nitrogen and oxygen atoms in total. The summed E-state index contributed by atoms with van der Waals surface area (Å²) >= 11 is 1.74. The molecule has 1 unspecified atom stereocenters. The molecular formula is C25H33N3O3S. The van der Waals surface area contributed by atoms with Crippen molar-refractivity contribution in [2.24, 2.45) is 5.92 Å². The SMILES string of the molecule is Cc1ccc(OCC2c3ccsc3CCN2C(=O)CN(CC2CC2)C(=O)NC(C)C)cc1. The van der Waals surface area contributed by atoms with Gasteiger partial charge in [0, 0.05) is 24.0 Å². The summed E-state index contributed by atoms with van der Waals surface area (Å²) in [6.07, 6.45) is 3.11. The zero-order valence-electron chi connectivity index (χ0n) is 19.2. The molecule has 1 atom stereocenters. The third-order valence-electron chi connectivity index (χ3n) is 6.05. The molecule has 1 N–H and O–H groups in total. The number of carbonyl (C=O) groups excluding carboxylic acids is 2. The number of fused-ring (bicyclic) bond motifs is 1. The summed E-state index contributed by atoms with van der Waals surface area (Å²) < 4.78 is 6.10. The first-order chi connectivity index (χ1) is 15.4. The monoisotopic (exact) mass is 455 g/mol. The van der Waals surface area contributed by atoms with Crippen molar-refractivity contribution >= 4 is 23.3 Å². The van der Waals surface area contributed by atoms with Crippen molar-refractivity contribution in [2.75, 3.05) is 26.2 Å². The average Bonchev–Trinajstić information content (AvgIpc) is 3.44. The van der Waals surface area contributed by atoms with Gasteiger partial charge in [-0.15, -0.1) is 11.3 Å². The minimum absolute atomic E-state index is 0.0149. The van der Waals surface area contributed by atoms with Crippen molar-refractivity contribution in [1.29, 1.82) is 0 Å². The van der Waals surface area contributed by atoms with Crippen molar-refractivity contribution in [3.05, 3.63) is 51.7 Å². The highest BCUT2D eigenvalue weighted by atomic mass is 32.1. The summed E-state index contributed by atoms with van der Waals surface area (Å²) in [7, 11) is 0. The van der Waals surface area contributed by atoms with Crippen molar-refractivity contribution in [1.82, 2.24) is 15.1 Å². The Balaban J connectivity index is 1.48. The topological polar surface area (TPSA) is 61.9 Å². The van der Waals surface area contributed by atoms with Crippen LogP contribution in [-0.2, 0) is 11.2 Å². The van der Waals surface area contributed by atoms with Crippen LogP contribution in [0.1, 0.15) is 48.7 Å². The second-order valence-corrected chi connectivity index (χ2v) is 10.2. The van der Waals surface area contributed by atoms with Crippen LogP contribution in [0, 0.1) is 12.8 Å². The molecule has 2 aromatic rings. The summed E-state index contributed by atoms with van der Waals surface area (Å²) in [6, 6.07) is 9.83. The quantitative estimate of drug-likeness (QED) is 0.642. The standard InChI is InChI=1S/C25H33N3O3S/c1-17(2)26-25(30)27(14-19-6-7-19)15-24(29)28-12-10-23-21(11-13-32-23)22(28)16-31-20-8-4-18(3)5-9-20/h4-5,8-9,11,13,17,19,22H,6-7,10,12,14-16H2,1-3H3,(H,26,30). The highest BCUT2D eigenvalue weighted by molar-refractivity contribution is 7.10. The van der Waals surface area contributed by atoms with Gasteiger partial charge in [0.2, 0.25) is 5.91 Å². The lowest BCUT2D eigenvalue weighted by atomic mass is 10.0. The maximum Gasteiger partial charge on any atom is 0.318 e. The summed E-state index contributed by atoms with van der Waals surface area (Å²) in [5, 5.41) is 5.04. The van der Waals surface area contributed by atoms with E-state index in [1.807, 2.05) is 49.9 Å². The predicted molar refractivity (Wildman–Crippen MR) is 127 cm³/mol. The lowest BCUT2D eigenvalue weighted by molar-refractivity contribution is -0.135. The molecule has 3 amide bonds. The number of carbonyl (C=O) groups is 2. The van der Waals surface area contributed by atoms with Crippen LogP contribution in [0.25, 0.3) is 0 Å². The Morgan fingerprint density at radius 2 is 1.97 bits per heavy atom. The molecule has 172 valence electrons. The second kappa shape index (κ2) is 9.94. The minimum Gasteiger partial charge on any atom is -0.491 e. The van der Waals surface area contributed by atoms with Gasteiger partial charge in [0.25, 0.3) is 0 Å². The zero-order valence-corrected chi connectivity index (χ0v) is 20.0. The molecule has 1 aromatic heterocycles. The maximum absolute atomic E-state index is 13.5. The van der Waals surface area contributed by atoms with E-state index in [1.54, 1.807) is 16.2 Å². The van der Waals surface area contributed by atoms with E-state index >= 15 is 0 Å². The van der Waals surface area contributed by atoms with Crippen LogP contribution in [0.5, 0.6) is 5.75 Å². The number of thiophene rings is 1. The van der Waals surface area contributed by atoms with Crippen molar-refractivity contribution in [3.8, 4) is 5.75 Å². The Bertz CT molecular complexity index is 936. The number of rotatable bonds is 8. The first kappa shape index (κ1) is 22.6. The number of nitrogens with zero attached hydrogens (tertiary/aromatic N) is 2. The molecule has 1 fully saturated rings. The van der Waals surface area contributed by atoms with Gasteiger partial charge in [0.15, 0.2) is 0 Å². The molecule has 2 aliphatic rings. The second-order valence-electron chi connectivity index (χ2n) is 9.20. The fraction of sp³-hybridized carbons (Fsp3) is 0.520. The first-order valence-electron chi connectivity index (χ1n) is 11.5. The van der Waals surface area contributed by atoms with E-state index in [9.17, 15) is 9.59 Å². The van der Waals surface area contributed by atoms with Crippen LogP contribution in [0.4, 0.5) is 4.79 Å². The van der Waals surface area contributed by atoms with Gasteiger partial charge in [-0.25, -0.2) is 4.79 Å². The summed E-state index contributed by atoms with van der Waals surface area (Å²) in [6.45, 7) is 7.73. The molecule has 2 heterocycles. The zero-order chi connectivity index (χ0) is 22.7. The molecule has 0 spiro atoms. The van der Waals surface area contributed by atoms with Gasteiger partial charge in [0.1, 0.15) is 18.9 Å². The smallest absolute Gasteiger partial charge is 0.318 e. The molecule has 1 aliphatic heterocycles. The highest BCUT2D eigenvalue weighted by Crippen LogP contribution is 2.34. The fourth-order valence-corrected chi connectivity index (χ4v) is 5.04. The van der Waals surface area contributed by atoms with Gasteiger partial charge in [-0.3, -0.25) is 4.79 Å². The number of urea groups is 1. The number of nitrogens with one attached hydrogen (secondary N) is 1. The average molecular weight is 456 g/mol.